The van der Waals surface area contributed by atoms with Crippen molar-refractivity contribution in [2.24, 2.45) is 5.92 Å². The molecule has 1 aliphatic carbocycles. The summed E-state index contributed by atoms with van der Waals surface area (Å²) in [6.07, 6.45) is 7.57. The maximum absolute atomic E-state index is 14.4. The Morgan fingerprint density at radius 1 is 1.10 bits per heavy atom. The Morgan fingerprint density at radius 2 is 1.84 bits per heavy atom. The molecule has 5 rings (SSSR count). The van der Waals surface area contributed by atoms with Gasteiger partial charge >= 0.3 is 6.03 Å². The van der Waals surface area contributed by atoms with E-state index >= 15 is 0 Å². The lowest BCUT2D eigenvalue weighted by Gasteiger charge is -2.31. The number of hydrogen-bond acceptors (Lipinski definition) is 8. The van der Waals surface area contributed by atoms with Gasteiger partial charge in [0.05, 0.1) is 10.1 Å². The lowest BCUT2D eigenvalue weighted by molar-refractivity contribution is -0.141. The van der Waals surface area contributed by atoms with Gasteiger partial charge in [-0.2, -0.15) is 0 Å². The molecule has 6 amide bonds. The molecule has 3 heterocycles. The molecule has 1 aromatic carbocycles. The van der Waals surface area contributed by atoms with Crippen LogP contribution in [0.15, 0.2) is 42.5 Å². The zero-order valence-corrected chi connectivity index (χ0v) is 31.5. The van der Waals surface area contributed by atoms with Gasteiger partial charge in [0.2, 0.25) is 21.8 Å². The van der Waals surface area contributed by atoms with Gasteiger partial charge in [-0.25, -0.2) is 13.2 Å². The molecule has 15 heteroatoms. The van der Waals surface area contributed by atoms with Gasteiger partial charge in [0.1, 0.15) is 17.6 Å². The lowest BCUT2D eigenvalue weighted by atomic mass is 10.0. The first-order chi connectivity index (χ1) is 24.0. The van der Waals surface area contributed by atoms with Crippen LogP contribution in [0.4, 0.5) is 4.79 Å². The number of nitrogens with zero attached hydrogens (tertiary/aromatic N) is 1. The quantitative estimate of drug-likeness (QED) is 0.268. The minimum absolute atomic E-state index is 0.00243. The van der Waals surface area contributed by atoms with E-state index in [9.17, 15) is 32.4 Å². The number of fused-ring (bicyclic) bond motifs is 3. The van der Waals surface area contributed by atoms with E-state index in [0.29, 0.717) is 30.6 Å². The smallest absolute Gasteiger partial charge is 0.315 e. The Bertz CT molecular complexity index is 1770. The van der Waals surface area contributed by atoms with Gasteiger partial charge in [0.15, 0.2) is 0 Å². The molecule has 1 saturated heterocycles. The molecule has 6 atom stereocenters. The highest BCUT2D eigenvalue weighted by atomic mass is 32.2. The predicted molar refractivity (Wildman–Crippen MR) is 196 cm³/mol. The predicted octanol–water partition coefficient (Wildman–Crippen LogP) is 3.71. The van der Waals surface area contributed by atoms with Crippen molar-refractivity contribution in [1.29, 1.82) is 0 Å². The molecule has 278 valence electrons. The Hall–Kier alpha value is -3.98. The first-order valence-corrected chi connectivity index (χ1v) is 20.1. The molecule has 13 nitrogen and oxygen atoms in total. The fourth-order valence-electron chi connectivity index (χ4n) is 6.65. The van der Waals surface area contributed by atoms with E-state index < -0.39 is 74.1 Å². The second-order valence-corrected chi connectivity index (χ2v) is 18.2. The van der Waals surface area contributed by atoms with Crippen molar-refractivity contribution in [3.8, 4) is 0 Å². The maximum Gasteiger partial charge on any atom is 0.315 e. The van der Waals surface area contributed by atoms with Crippen LogP contribution in [0.1, 0.15) is 95.7 Å². The van der Waals surface area contributed by atoms with E-state index in [1.54, 1.807) is 13.0 Å². The Kier molecular flexibility index (Phi) is 11.5. The Morgan fingerprint density at radius 3 is 2.55 bits per heavy atom. The van der Waals surface area contributed by atoms with Gasteiger partial charge in [-0.05, 0) is 83.7 Å². The fraction of sp³-hybridized carbons (Fsp3) is 0.583. The Balaban J connectivity index is 1.44. The normalized spacial score (nSPS) is 27.1. The minimum atomic E-state index is -4.00. The molecular formula is C36H50N6O7S2. The molecule has 3 aliphatic rings. The van der Waals surface area contributed by atoms with Crippen LogP contribution in [-0.4, -0.2) is 84.0 Å². The summed E-state index contributed by atoms with van der Waals surface area (Å²) in [5.41, 5.74) is -2.08. The summed E-state index contributed by atoms with van der Waals surface area (Å²) in [5, 5.41) is 11.6. The molecule has 1 aromatic heterocycles. The summed E-state index contributed by atoms with van der Waals surface area (Å²) in [6, 6.07) is 6.24. The molecule has 0 radical (unpaired) electrons. The Labute approximate surface area is 303 Å². The van der Waals surface area contributed by atoms with Crippen LogP contribution in [0, 0.1) is 5.92 Å². The molecule has 51 heavy (non-hydrogen) atoms. The van der Waals surface area contributed by atoms with Crippen LogP contribution < -0.4 is 26.0 Å². The van der Waals surface area contributed by atoms with Gasteiger partial charge < -0.3 is 26.2 Å². The van der Waals surface area contributed by atoms with Crippen LogP contribution in [0.3, 0.4) is 0 Å². The van der Waals surface area contributed by atoms with Crippen LogP contribution >= 0.6 is 11.3 Å². The molecule has 0 bridgehead atoms. The average molecular weight is 743 g/mol. The number of amides is 6. The van der Waals surface area contributed by atoms with Gasteiger partial charge in [-0.1, -0.05) is 50.1 Å². The van der Waals surface area contributed by atoms with Crippen LogP contribution in [-0.2, 0) is 24.4 Å². The van der Waals surface area contributed by atoms with Crippen LogP contribution in [0.2, 0.25) is 0 Å². The number of hydrogen-bond donors (Lipinski definition) is 5. The summed E-state index contributed by atoms with van der Waals surface area (Å²) < 4.78 is 29.0. The molecule has 5 N–H and O–H groups in total. The summed E-state index contributed by atoms with van der Waals surface area (Å²) >= 11 is 1.34. The number of carbonyl (C=O) groups excluding carboxylic acids is 5. The second kappa shape index (κ2) is 15.3. The van der Waals surface area contributed by atoms with E-state index in [1.807, 2.05) is 57.2 Å². The molecule has 2 fully saturated rings. The number of rotatable bonds is 7. The average Bonchev–Trinajstić information content (AvgIpc) is 3.36. The van der Waals surface area contributed by atoms with Gasteiger partial charge in [-0.3, -0.25) is 23.9 Å². The molecule has 1 unspecified atom stereocenters. The lowest BCUT2D eigenvalue weighted by Crippen LogP contribution is -2.59. The number of nitrogens with one attached hydrogen (secondary N) is 5. The third-order valence-corrected chi connectivity index (χ3v) is 12.8. The van der Waals surface area contributed by atoms with E-state index in [1.165, 1.54) is 23.2 Å². The number of thiophene rings is 1. The fourth-order valence-corrected chi connectivity index (χ4v) is 8.70. The van der Waals surface area contributed by atoms with E-state index in [0.717, 1.165) is 22.9 Å². The number of benzene rings is 1. The van der Waals surface area contributed by atoms with Crippen molar-refractivity contribution in [3.63, 3.8) is 0 Å². The summed E-state index contributed by atoms with van der Waals surface area (Å²) in [7, 11) is -4.00. The molecule has 2 aromatic rings. The van der Waals surface area contributed by atoms with Crippen molar-refractivity contribution in [2.45, 2.75) is 120 Å². The highest BCUT2D eigenvalue weighted by Crippen LogP contribution is 2.46. The van der Waals surface area contributed by atoms with Crippen molar-refractivity contribution in [1.82, 2.24) is 30.9 Å². The van der Waals surface area contributed by atoms with Crippen molar-refractivity contribution in [2.75, 3.05) is 6.54 Å². The highest BCUT2D eigenvalue weighted by Gasteiger charge is 2.61. The van der Waals surface area contributed by atoms with Crippen LogP contribution in [0.5, 0.6) is 0 Å². The van der Waals surface area contributed by atoms with E-state index in [2.05, 4.69) is 26.0 Å². The van der Waals surface area contributed by atoms with Gasteiger partial charge in [0, 0.05) is 28.7 Å². The van der Waals surface area contributed by atoms with E-state index in [-0.39, 0.29) is 25.3 Å². The first kappa shape index (κ1) is 38.3. The highest BCUT2D eigenvalue weighted by molar-refractivity contribution is 7.90. The summed E-state index contributed by atoms with van der Waals surface area (Å²) in [6.45, 7) is 8.69. The molecule has 1 saturated carbocycles. The first-order valence-electron chi connectivity index (χ1n) is 17.8. The van der Waals surface area contributed by atoms with Gasteiger partial charge in [-0.15, -0.1) is 11.3 Å². The van der Waals surface area contributed by atoms with Crippen molar-refractivity contribution >= 4 is 61.1 Å². The number of carbonyl (C=O) groups is 5. The monoisotopic (exact) mass is 742 g/mol. The third-order valence-electron chi connectivity index (χ3n) is 9.80. The van der Waals surface area contributed by atoms with Crippen LogP contribution in [0.25, 0.3) is 10.1 Å². The third kappa shape index (κ3) is 9.09. The summed E-state index contributed by atoms with van der Waals surface area (Å²) in [5.74, 6) is -2.71. The standard InChI is InChI=1S/C36H50N6O7S2/c1-6-22(2)51(48,49)41-33(46)36-20-24(36)15-10-8-7-9-11-16-26(38-34(47)40-35(3,4)5)32(45)42-21-25(19-27(42)30(43)39-36)37-31(44)29-18-23-14-12-13-17-28(23)50-29/h10,12-15,17-18,22,24-27H,6-9,11,16,19-21H2,1-5H3,(H,37,44)(H,39,43)(H,41,46)(H2,38,40,47)/b15-10-/t22?,24-,25-,26+,27+,36-/m1/s1. The number of urea groups is 1. The largest absolute Gasteiger partial charge is 0.347 e. The van der Waals surface area contributed by atoms with Gasteiger partial charge in [0.25, 0.3) is 11.8 Å². The SMILES string of the molecule is CCC(C)S(=O)(=O)NC(=O)[C@@]12C[C@H]1/C=C\CCCCC[C@H](NC(=O)NC(C)(C)C)C(=O)N1C[C@H](NC(=O)c3cc4ccccc4s3)C[C@H]1C(=O)N2. The summed E-state index contributed by atoms with van der Waals surface area (Å²) in [4.78, 5) is 70.6. The number of allylic oxidation sites excluding steroid dienone is 1. The number of sulfonamides is 1. The molecule has 0 spiro atoms. The molecule has 2 aliphatic heterocycles. The second-order valence-electron chi connectivity index (χ2n) is 15.0. The van der Waals surface area contributed by atoms with Crippen molar-refractivity contribution in [3.05, 3.63) is 47.4 Å². The van der Waals surface area contributed by atoms with E-state index in [4.69, 9.17) is 0 Å². The maximum atomic E-state index is 14.4. The zero-order valence-electron chi connectivity index (χ0n) is 29.9. The molecular weight excluding hydrogens is 693 g/mol. The van der Waals surface area contributed by atoms with Crippen molar-refractivity contribution < 1.29 is 32.4 Å². The topological polar surface area (TPSA) is 183 Å². The zero-order chi connectivity index (χ0) is 37.1. The minimum Gasteiger partial charge on any atom is -0.347 e.